The van der Waals surface area contributed by atoms with Crippen molar-refractivity contribution in [2.45, 2.75) is 37.6 Å². The van der Waals surface area contributed by atoms with E-state index in [4.69, 9.17) is 4.42 Å². The number of rotatable bonds is 4. The van der Waals surface area contributed by atoms with Gasteiger partial charge in [0.2, 0.25) is 5.91 Å². The zero-order valence-electron chi connectivity index (χ0n) is 12.6. The lowest BCUT2D eigenvalue weighted by Gasteiger charge is -2.29. The average molecular weight is 295 g/mol. The molecule has 0 radical (unpaired) electrons. The summed E-state index contributed by atoms with van der Waals surface area (Å²) in [5, 5.41) is 3.09. The number of hydrogen-bond donors (Lipinski definition) is 1. The zero-order valence-corrected chi connectivity index (χ0v) is 12.6. The van der Waals surface area contributed by atoms with Crippen molar-refractivity contribution in [3.63, 3.8) is 0 Å². The molecule has 1 saturated carbocycles. The smallest absolute Gasteiger partial charge is 0.244 e. The molecule has 3 heteroatoms. The lowest BCUT2D eigenvalue weighted by Crippen LogP contribution is -2.36. The van der Waals surface area contributed by atoms with E-state index < -0.39 is 0 Å². The van der Waals surface area contributed by atoms with E-state index in [1.165, 1.54) is 5.56 Å². The van der Waals surface area contributed by atoms with Gasteiger partial charge in [0.1, 0.15) is 5.76 Å². The summed E-state index contributed by atoms with van der Waals surface area (Å²) in [6, 6.07) is 14.6. The van der Waals surface area contributed by atoms with E-state index in [0.29, 0.717) is 11.7 Å². The quantitative estimate of drug-likeness (QED) is 0.862. The number of nitrogens with one attached hydrogen (secondary N) is 1. The Labute approximate surface area is 131 Å². The fourth-order valence-electron chi connectivity index (χ4n) is 3.09. The number of carbonyl (C=O) groups is 1. The number of carbonyl (C=O) groups excluding carboxylic acids is 1. The highest BCUT2D eigenvalue weighted by molar-refractivity contribution is 5.91. The van der Waals surface area contributed by atoms with Gasteiger partial charge in [-0.15, -0.1) is 0 Å². The molecule has 1 aromatic carbocycles. The Morgan fingerprint density at radius 1 is 1.05 bits per heavy atom. The van der Waals surface area contributed by atoms with Crippen LogP contribution in [0.25, 0.3) is 6.08 Å². The Kier molecular flexibility index (Phi) is 4.74. The number of furan rings is 1. The minimum Gasteiger partial charge on any atom is -0.465 e. The van der Waals surface area contributed by atoms with Crippen LogP contribution in [0.5, 0.6) is 0 Å². The lowest BCUT2D eigenvalue weighted by atomic mass is 9.82. The van der Waals surface area contributed by atoms with Gasteiger partial charge in [-0.2, -0.15) is 0 Å². The van der Waals surface area contributed by atoms with Gasteiger partial charge in [0.25, 0.3) is 0 Å². The topological polar surface area (TPSA) is 42.2 Å². The summed E-state index contributed by atoms with van der Waals surface area (Å²) in [4.78, 5) is 11.9. The third-order valence-corrected chi connectivity index (χ3v) is 4.29. The Bertz CT molecular complexity index is 608. The van der Waals surface area contributed by atoms with E-state index >= 15 is 0 Å². The Hall–Kier alpha value is -2.29. The summed E-state index contributed by atoms with van der Waals surface area (Å²) in [5.41, 5.74) is 1.42. The molecule has 3 nitrogen and oxygen atoms in total. The predicted octanol–water partition coefficient (Wildman–Crippen LogP) is 4.14. The van der Waals surface area contributed by atoms with Crippen molar-refractivity contribution in [2.24, 2.45) is 0 Å². The van der Waals surface area contributed by atoms with Gasteiger partial charge in [-0.3, -0.25) is 4.79 Å². The molecular formula is C19H21NO2. The third kappa shape index (κ3) is 3.88. The zero-order chi connectivity index (χ0) is 15.2. The van der Waals surface area contributed by atoms with Crippen molar-refractivity contribution in [1.82, 2.24) is 5.32 Å². The summed E-state index contributed by atoms with van der Waals surface area (Å²) in [6.45, 7) is 0. The molecule has 0 saturated heterocycles. The normalized spacial score (nSPS) is 21.8. The minimum absolute atomic E-state index is 0.0421. The second kappa shape index (κ2) is 7.12. The van der Waals surface area contributed by atoms with Crippen molar-refractivity contribution < 1.29 is 9.21 Å². The molecule has 114 valence electrons. The highest BCUT2D eigenvalue weighted by Gasteiger charge is 2.22. The highest BCUT2D eigenvalue weighted by atomic mass is 16.3. The first-order valence-corrected chi connectivity index (χ1v) is 7.88. The fourth-order valence-corrected chi connectivity index (χ4v) is 3.09. The molecule has 0 unspecified atom stereocenters. The first kappa shape index (κ1) is 14.6. The van der Waals surface area contributed by atoms with Gasteiger partial charge >= 0.3 is 0 Å². The van der Waals surface area contributed by atoms with E-state index in [1.807, 2.05) is 12.1 Å². The van der Waals surface area contributed by atoms with Crippen LogP contribution in [0.4, 0.5) is 0 Å². The largest absolute Gasteiger partial charge is 0.465 e. The molecule has 1 N–H and O–H groups in total. The maximum atomic E-state index is 11.9. The molecule has 1 aromatic heterocycles. The molecule has 1 fully saturated rings. The Morgan fingerprint density at radius 3 is 2.50 bits per heavy atom. The van der Waals surface area contributed by atoms with Crippen LogP contribution in [-0.4, -0.2) is 11.9 Å². The number of hydrogen-bond acceptors (Lipinski definition) is 2. The lowest BCUT2D eigenvalue weighted by molar-refractivity contribution is -0.117. The second-order valence-corrected chi connectivity index (χ2v) is 5.82. The van der Waals surface area contributed by atoms with E-state index in [2.05, 4.69) is 35.6 Å². The molecule has 1 aliphatic rings. The summed E-state index contributed by atoms with van der Waals surface area (Å²) < 4.78 is 5.17. The van der Waals surface area contributed by atoms with Gasteiger partial charge in [0.15, 0.2) is 0 Å². The maximum Gasteiger partial charge on any atom is 0.244 e. The van der Waals surface area contributed by atoms with Crippen LogP contribution in [0.1, 0.15) is 42.9 Å². The summed E-state index contributed by atoms with van der Waals surface area (Å²) in [5.74, 6) is 1.29. The molecule has 1 heterocycles. The van der Waals surface area contributed by atoms with Crippen molar-refractivity contribution in [3.8, 4) is 0 Å². The molecule has 3 rings (SSSR count). The molecule has 1 amide bonds. The molecule has 2 aromatic rings. The maximum absolute atomic E-state index is 11.9. The van der Waals surface area contributed by atoms with Crippen LogP contribution in [0.15, 0.2) is 59.2 Å². The van der Waals surface area contributed by atoms with Crippen molar-refractivity contribution in [3.05, 3.63) is 66.1 Å². The van der Waals surface area contributed by atoms with E-state index in [1.54, 1.807) is 18.4 Å². The molecule has 22 heavy (non-hydrogen) atoms. The second-order valence-electron chi connectivity index (χ2n) is 5.82. The minimum atomic E-state index is -0.0421. The van der Waals surface area contributed by atoms with Crippen molar-refractivity contribution in [1.29, 1.82) is 0 Å². The van der Waals surface area contributed by atoms with E-state index in [-0.39, 0.29) is 11.9 Å². The summed E-state index contributed by atoms with van der Waals surface area (Å²) in [7, 11) is 0. The first-order chi connectivity index (χ1) is 10.8. The Morgan fingerprint density at radius 2 is 1.82 bits per heavy atom. The van der Waals surface area contributed by atoms with Gasteiger partial charge < -0.3 is 9.73 Å². The van der Waals surface area contributed by atoms with Gasteiger partial charge in [0, 0.05) is 12.1 Å². The molecule has 0 aliphatic heterocycles. The van der Waals surface area contributed by atoms with Crippen LogP contribution in [0, 0.1) is 0 Å². The SMILES string of the molecule is O=C(/C=C/c1ccco1)NC1CCC(c2ccccc2)CC1. The molecule has 1 aliphatic carbocycles. The Balaban J connectivity index is 1.47. The number of benzene rings is 1. The predicted molar refractivity (Wildman–Crippen MR) is 87.3 cm³/mol. The summed E-state index contributed by atoms with van der Waals surface area (Å²) >= 11 is 0. The van der Waals surface area contributed by atoms with Crippen molar-refractivity contribution in [2.75, 3.05) is 0 Å². The van der Waals surface area contributed by atoms with E-state index in [9.17, 15) is 4.79 Å². The van der Waals surface area contributed by atoms with Crippen LogP contribution in [0.3, 0.4) is 0 Å². The average Bonchev–Trinajstić information content (AvgIpc) is 3.08. The molecule has 0 spiro atoms. The van der Waals surface area contributed by atoms with E-state index in [0.717, 1.165) is 25.7 Å². The molecule has 0 bridgehead atoms. The molecular weight excluding hydrogens is 274 g/mol. The van der Waals surface area contributed by atoms with Gasteiger partial charge in [-0.05, 0) is 55.4 Å². The summed E-state index contributed by atoms with van der Waals surface area (Å²) in [6.07, 6.45) is 9.20. The standard InChI is InChI=1S/C19H21NO2/c21-19(13-12-18-7-4-14-22-18)20-17-10-8-16(9-11-17)15-5-2-1-3-6-15/h1-7,12-14,16-17H,8-11H2,(H,20,21)/b13-12+. The van der Waals surface area contributed by atoms with Gasteiger partial charge in [-0.1, -0.05) is 30.3 Å². The van der Waals surface area contributed by atoms with Crippen LogP contribution >= 0.6 is 0 Å². The number of amides is 1. The van der Waals surface area contributed by atoms with Crippen LogP contribution in [-0.2, 0) is 4.79 Å². The fraction of sp³-hybridized carbons (Fsp3) is 0.316. The van der Waals surface area contributed by atoms with Crippen LogP contribution < -0.4 is 5.32 Å². The highest BCUT2D eigenvalue weighted by Crippen LogP contribution is 2.32. The first-order valence-electron chi connectivity index (χ1n) is 7.88. The monoisotopic (exact) mass is 295 g/mol. The van der Waals surface area contributed by atoms with Crippen LogP contribution in [0.2, 0.25) is 0 Å². The molecule has 0 atom stereocenters. The van der Waals surface area contributed by atoms with Gasteiger partial charge in [0.05, 0.1) is 6.26 Å². The third-order valence-electron chi connectivity index (χ3n) is 4.29. The van der Waals surface area contributed by atoms with Gasteiger partial charge in [-0.25, -0.2) is 0 Å². The van der Waals surface area contributed by atoms with Crippen molar-refractivity contribution >= 4 is 12.0 Å².